The lowest BCUT2D eigenvalue weighted by molar-refractivity contribution is -0.126. The van der Waals surface area contributed by atoms with Crippen molar-refractivity contribution < 1.29 is 19.1 Å². The Balaban J connectivity index is 1.36. The van der Waals surface area contributed by atoms with Crippen molar-refractivity contribution >= 4 is 28.4 Å². The summed E-state index contributed by atoms with van der Waals surface area (Å²) >= 11 is 0. The Bertz CT molecular complexity index is 1450. The number of ether oxygens (including phenoxy) is 2. The van der Waals surface area contributed by atoms with E-state index in [1.807, 2.05) is 18.7 Å². The van der Waals surface area contributed by atoms with E-state index in [9.17, 15) is 9.59 Å². The summed E-state index contributed by atoms with van der Waals surface area (Å²) in [5.41, 5.74) is 0.729. The average Bonchev–Trinajstić information content (AvgIpc) is 3.54. The summed E-state index contributed by atoms with van der Waals surface area (Å²) < 4.78 is 12.8. The van der Waals surface area contributed by atoms with Gasteiger partial charge in [0.1, 0.15) is 17.9 Å². The predicted molar refractivity (Wildman–Crippen MR) is 133 cm³/mol. The molecule has 0 atom stereocenters. The van der Waals surface area contributed by atoms with Crippen LogP contribution < -0.4 is 14.4 Å². The molecule has 1 N–H and O–H groups in total. The van der Waals surface area contributed by atoms with E-state index in [1.165, 1.54) is 30.5 Å². The van der Waals surface area contributed by atoms with Crippen LogP contribution in [0.1, 0.15) is 30.0 Å². The molecule has 0 radical (unpaired) electrons. The number of rotatable bonds is 7. The molecular formula is C24H27N9O4. The van der Waals surface area contributed by atoms with E-state index in [0.717, 1.165) is 0 Å². The lowest BCUT2D eigenvalue weighted by Crippen LogP contribution is -2.51. The Morgan fingerprint density at radius 3 is 2.46 bits per heavy atom. The number of methoxy groups -OCH3 is 1. The van der Waals surface area contributed by atoms with Crippen LogP contribution in [0.4, 0.5) is 5.82 Å². The van der Waals surface area contributed by atoms with Crippen LogP contribution in [0.2, 0.25) is 0 Å². The Morgan fingerprint density at radius 2 is 1.78 bits per heavy atom. The molecule has 0 aliphatic carbocycles. The summed E-state index contributed by atoms with van der Waals surface area (Å²) in [4.78, 5) is 50.5. The van der Waals surface area contributed by atoms with Crippen LogP contribution in [0.5, 0.6) is 11.6 Å². The highest BCUT2D eigenvalue weighted by atomic mass is 16.5. The lowest BCUT2D eigenvalue weighted by atomic mass is 10.1. The number of nitrogens with one attached hydrogen (secondary N) is 1. The van der Waals surface area contributed by atoms with E-state index >= 15 is 0 Å². The SMILES string of the molecule is COc1cnc(-n2cnc(C)n2)c2[nH]cc(C(=O)C(=O)N3CCN(c4nccnc4OC(C)C)CC3)c12. The lowest BCUT2D eigenvalue weighted by Gasteiger charge is -2.35. The van der Waals surface area contributed by atoms with Crippen molar-refractivity contribution in [1.29, 1.82) is 0 Å². The molecule has 0 bridgehead atoms. The third-order valence-electron chi connectivity index (χ3n) is 6.00. The van der Waals surface area contributed by atoms with E-state index < -0.39 is 11.7 Å². The van der Waals surface area contributed by atoms with Gasteiger partial charge in [-0.2, -0.15) is 5.10 Å². The first-order valence-corrected chi connectivity index (χ1v) is 11.9. The first-order valence-electron chi connectivity index (χ1n) is 11.9. The number of carbonyl (C=O) groups is 2. The molecule has 1 aliphatic heterocycles. The first kappa shape index (κ1) is 24.2. The molecule has 1 amide bonds. The molecule has 0 spiro atoms. The van der Waals surface area contributed by atoms with Crippen LogP contribution in [0, 0.1) is 6.92 Å². The van der Waals surface area contributed by atoms with Gasteiger partial charge in [-0.05, 0) is 20.8 Å². The van der Waals surface area contributed by atoms with Gasteiger partial charge in [-0.3, -0.25) is 9.59 Å². The molecule has 4 aromatic heterocycles. The number of anilines is 1. The van der Waals surface area contributed by atoms with Crippen LogP contribution in [-0.4, -0.2) is 90.7 Å². The molecule has 37 heavy (non-hydrogen) atoms. The number of H-pyrrole nitrogens is 1. The number of aromatic amines is 1. The third-order valence-corrected chi connectivity index (χ3v) is 6.00. The molecule has 13 heteroatoms. The van der Waals surface area contributed by atoms with Gasteiger partial charge in [0.05, 0.1) is 35.9 Å². The maximum atomic E-state index is 13.4. The summed E-state index contributed by atoms with van der Waals surface area (Å²) in [6, 6.07) is 0. The second-order valence-electron chi connectivity index (χ2n) is 8.80. The first-order chi connectivity index (χ1) is 17.9. The van der Waals surface area contributed by atoms with Gasteiger partial charge < -0.3 is 24.3 Å². The van der Waals surface area contributed by atoms with Crippen molar-refractivity contribution in [2.24, 2.45) is 0 Å². The highest BCUT2D eigenvalue weighted by Crippen LogP contribution is 2.32. The zero-order valence-corrected chi connectivity index (χ0v) is 21.0. The van der Waals surface area contributed by atoms with Gasteiger partial charge in [-0.1, -0.05) is 0 Å². The monoisotopic (exact) mass is 505 g/mol. The maximum absolute atomic E-state index is 13.4. The number of hydrogen-bond donors (Lipinski definition) is 1. The van der Waals surface area contributed by atoms with Crippen molar-refractivity contribution in [2.75, 3.05) is 38.2 Å². The third kappa shape index (κ3) is 4.55. The summed E-state index contributed by atoms with van der Waals surface area (Å²) in [6.45, 7) is 7.30. The molecule has 13 nitrogen and oxygen atoms in total. The number of pyridine rings is 1. The number of Topliss-reactive ketones (excluding diaryl/α,β-unsaturated/α-hetero) is 1. The van der Waals surface area contributed by atoms with Crippen LogP contribution in [-0.2, 0) is 4.79 Å². The van der Waals surface area contributed by atoms with Crippen molar-refractivity contribution in [3.8, 4) is 17.4 Å². The van der Waals surface area contributed by atoms with E-state index in [2.05, 4.69) is 30.0 Å². The average molecular weight is 506 g/mol. The second-order valence-corrected chi connectivity index (χ2v) is 8.80. The molecule has 5 rings (SSSR count). The van der Waals surface area contributed by atoms with Gasteiger partial charge in [0.25, 0.3) is 17.6 Å². The number of aryl methyl sites for hydroxylation is 1. The van der Waals surface area contributed by atoms with E-state index in [1.54, 1.807) is 24.2 Å². The van der Waals surface area contributed by atoms with Gasteiger partial charge in [-0.25, -0.2) is 24.6 Å². The molecule has 1 aliphatic rings. The number of carbonyl (C=O) groups excluding carboxylic acids is 2. The van der Waals surface area contributed by atoms with Gasteiger partial charge in [0, 0.05) is 44.8 Å². The minimum absolute atomic E-state index is 0.0478. The molecule has 1 fully saturated rings. The molecule has 0 saturated carbocycles. The van der Waals surface area contributed by atoms with Crippen LogP contribution >= 0.6 is 0 Å². The maximum Gasteiger partial charge on any atom is 0.295 e. The van der Waals surface area contributed by atoms with Gasteiger partial charge in [0.2, 0.25) is 0 Å². The quantitative estimate of drug-likeness (QED) is 0.290. The van der Waals surface area contributed by atoms with Crippen LogP contribution in [0.25, 0.3) is 16.7 Å². The second kappa shape index (κ2) is 9.84. The highest BCUT2D eigenvalue weighted by molar-refractivity contribution is 6.45. The van der Waals surface area contributed by atoms with Gasteiger partial charge >= 0.3 is 0 Å². The molecule has 0 unspecified atom stereocenters. The fourth-order valence-corrected chi connectivity index (χ4v) is 4.28. The topological polar surface area (TPSA) is 144 Å². The Hall–Kier alpha value is -4.55. The normalized spacial score (nSPS) is 13.9. The van der Waals surface area contributed by atoms with Crippen LogP contribution in [0.3, 0.4) is 0 Å². The predicted octanol–water partition coefficient (Wildman–Crippen LogP) is 1.57. The highest BCUT2D eigenvalue weighted by Gasteiger charge is 2.31. The van der Waals surface area contributed by atoms with Gasteiger partial charge in [-0.15, -0.1) is 0 Å². The minimum atomic E-state index is -0.631. The molecule has 4 aromatic rings. The molecule has 5 heterocycles. The summed E-state index contributed by atoms with van der Waals surface area (Å²) in [6.07, 6.45) is 7.69. The summed E-state index contributed by atoms with van der Waals surface area (Å²) in [5.74, 6) is 1.25. The van der Waals surface area contributed by atoms with Crippen LogP contribution in [0.15, 0.2) is 31.1 Å². The van der Waals surface area contributed by atoms with E-state index in [-0.39, 0.29) is 11.7 Å². The molecule has 0 aromatic carbocycles. The number of piperazine rings is 1. The van der Waals surface area contributed by atoms with E-state index in [0.29, 0.717) is 66.2 Å². The Morgan fingerprint density at radius 1 is 1.03 bits per heavy atom. The Kier molecular flexibility index (Phi) is 6.42. The summed E-state index contributed by atoms with van der Waals surface area (Å²) in [7, 11) is 1.49. The number of amides is 1. The minimum Gasteiger partial charge on any atom is -0.494 e. The van der Waals surface area contributed by atoms with Gasteiger partial charge in [0.15, 0.2) is 11.6 Å². The number of nitrogens with zero attached hydrogens (tertiary/aromatic N) is 8. The Labute approximate surface area is 212 Å². The fraction of sp³-hybridized carbons (Fsp3) is 0.375. The zero-order chi connectivity index (χ0) is 26.1. The van der Waals surface area contributed by atoms with Crippen molar-refractivity contribution in [2.45, 2.75) is 26.9 Å². The number of fused-ring (bicyclic) bond motifs is 1. The standard InChI is InChI=1S/C24H27N9O4/c1-14(2)37-23-22(25-5-6-26-23)31-7-9-32(10-8-31)24(35)20(34)16-11-27-19-18(16)17(36-4)12-28-21(19)33-13-29-15(3)30-33/h5-6,11-14,27H,7-10H2,1-4H3. The van der Waals surface area contributed by atoms with Crippen molar-refractivity contribution in [1.82, 2.24) is 39.6 Å². The zero-order valence-electron chi connectivity index (χ0n) is 21.0. The smallest absolute Gasteiger partial charge is 0.295 e. The number of ketones is 1. The fourth-order valence-electron chi connectivity index (χ4n) is 4.28. The van der Waals surface area contributed by atoms with E-state index in [4.69, 9.17) is 9.47 Å². The summed E-state index contributed by atoms with van der Waals surface area (Å²) in [5, 5.41) is 4.77. The molecule has 1 saturated heterocycles. The van der Waals surface area contributed by atoms with Crippen molar-refractivity contribution in [3.05, 3.63) is 42.5 Å². The number of aromatic nitrogens is 7. The molecule has 192 valence electrons. The largest absolute Gasteiger partial charge is 0.494 e. The molecular weight excluding hydrogens is 478 g/mol. The number of hydrogen-bond acceptors (Lipinski definition) is 10. The van der Waals surface area contributed by atoms with Crippen molar-refractivity contribution in [3.63, 3.8) is 0 Å².